The summed E-state index contributed by atoms with van der Waals surface area (Å²) < 4.78 is 5.12. The van der Waals surface area contributed by atoms with E-state index in [-0.39, 0.29) is 6.42 Å². The third kappa shape index (κ3) is 6.07. The molecule has 11 heteroatoms. The number of pyridine rings is 1. The normalized spacial score (nSPS) is 12.1. The van der Waals surface area contributed by atoms with Crippen molar-refractivity contribution in [2.45, 2.75) is 38.8 Å². The summed E-state index contributed by atoms with van der Waals surface area (Å²) in [5.74, 6) is -1.18. The highest BCUT2D eigenvalue weighted by Crippen LogP contribution is 2.26. The fourth-order valence-electron chi connectivity index (χ4n) is 2.48. The van der Waals surface area contributed by atoms with E-state index in [0.717, 1.165) is 5.56 Å². The van der Waals surface area contributed by atoms with Crippen LogP contribution in [0.3, 0.4) is 0 Å². The maximum atomic E-state index is 11.9. The van der Waals surface area contributed by atoms with Gasteiger partial charge in [-0.1, -0.05) is 0 Å². The molecule has 160 valence electrons. The molecule has 2 N–H and O–H groups in total. The maximum absolute atomic E-state index is 11.9. The first-order valence-electron chi connectivity index (χ1n) is 9.14. The molecule has 1 unspecified atom stereocenters. The first kappa shape index (κ1) is 22.3. The van der Waals surface area contributed by atoms with E-state index in [2.05, 4.69) is 20.3 Å². The topological polar surface area (TPSA) is 138 Å². The fraction of sp³-hybridized carbons (Fsp3) is 0.300. The average Bonchev–Trinajstić information content (AvgIpc) is 3.35. The summed E-state index contributed by atoms with van der Waals surface area (Å²) in [6, 6.07) is 4.46. The van der Waals surface area contributed by atoms with Crippen LogP contribution in [0.2, 0.25) is 0 Å². The molecule has 0 saturated carbocycles. The first-order chi connectivity index (χ1) is 14.6. The molecule has 3 aromatic heterocycles. The second kappa shape index (κ2) is 9.20. The summed E-state index contributed by atoms with van der Waals surface area (Å²) in [4.78, 5) is 36.5. The van der Waals surface area contributed by atoms with Crippen molar-refractivity contribution in [1.82, 2.24) is 20.3 Å². The number of nitriles is 1. The van der Waals surface area contributed by atoms with E-state index in [0.29, 0.717) is 27.1 Å². The summed E-state index contributed by atoms with van der Waals surface area (Å²) in [5.41, 5.74) is 1.65. The van der Waals surface area contributed by atoms with Gasteiger partial charge in [0, 0.05) is 28.9 Å². The first-order valence-corrected chi connectivity index (χ1v) is 10.9. The van der Waals surface area contributed by atoms with Crippen molar-refractivity contribution < 1.29 is 19.4 Å². The molecule has 0 aromatic carbocycles. The minimum atomic E-state index is -1.18. The number of alkyl carbamates (subject to hydrolysis) is 1. The lowest BCUT2D eigenvalue weighted by atomic mass is 10.2. The van der Waals surface area contributed by atoms with E-state index < -0.39 is 23.7 Å². The number of aliphatic carboxylic acids is 1. The number of nitrogens with zero attached hydrogens (tertiary/aromatic N) is 4. The minimum Gasteiger partial charge on any atom is -0.480 e. The largest absolute Gasteiger partial charge is 0.480 e. The standard InChI is InChI=1S/C20H19N5O4S2/c1-20(2,3)29-19(28)25-14(18(26)27)6-16-24-15(10-30-16)13-5-4-11(8-22-13)17-23-12(7-21)9-31-17/h4-5,8-10,14H,6H2,1-3H3,(H,25,28)(H,26,27). The van der Waals surface area contributed by atoms with E-state index in [9.17, 15) is 14.7 Å². The Morgan fingerprint density at radius 1 is 1.23 bits per heavy atom. The molecule has 31 heavy (non-hydrogen) atoms. The molecule has 0 spiro atoms. The highest BCUT2D eigenvalue weighted by atomic mass is 32.1. The smallest absolute Gasteiger partial charge is 0.408 e. The van der Waals surface area contributed by atoms with E-state index >= 15 is 0 Å². The van der Waals surface area contributed by atoms with E-state index in [1.54, 1.807) is 43.8 Å². The van der Waals surface area contributed by atoms with Crippen LogP contribution in [0.4, 0.5) is 4.79 Å². The fourth-order valence-corrected chi connectivity index (χ4v) is 4.05. The van der Waals surface area contributed by atoms with Gasteiger partial charge in [0.2, 0.25) is 0 Å². The number of carboxylic acid groups (broad SMARTS) is 1. The third-order valence-corrected chi connectivity index (χ3v) is 5.57. The van der Waals surface area contributed by atoms with Gasteiger partial charge >= 0.3 is 12.1 Å². The number of hydrogen-bond donors (Lipinski definition) is 2. The Kier molecular flexibility index (Phi) is 6.62. The van der Waals surface area contributed by atoms with Crippen LogP contribution in [0.15, 0.2) is 29.1 Å². The lowest BCUT2D eigenvalue weighted by molar-refractivity contribution is -0.139. The third-order valence-electron chi connectivity index (χ3n) is 3.81. The van der Waals surface area contributed by atoms with Crippen LogP contribution in [-0.4, -0.2) is 43.8 Å². The zero-order valence-electron chi connectivity index (χ0n) is 16.9. The maximum Gasteiger partial charge on any atom is 0.408 e. The number of rotatable bonds is 6. The summed E-state index contributed by atoms with van der Waals surface area (Å²) in [6.07, 6.45) is 0.877. The zero-order chi connectivity index (χ0) is 22.6. The molecule has 0 aliphatic carbocycles. The SMILES string of the molecule is CC(C)(C)OC(=O)NC(Cc1nc(-c2ccc(-c3nc(C#N)cs3)cn2)cs1)C(=O)O. The Morgan fingerprint density at radius 2 is 2.00 bits per heavy atom. The number of carbonyl (C=O) groups is 2. The second-order valence-corrected chi connectivity index (χ2v) is 9.25. The Morgan fingerprint density at radius 3 is 2.58 bits per heavy atom. The van der Waals surface area contributed by atoms with Gasteiger partial charge in [0.25, 0.3) is 0 Å². The highest BCUT2D eigenvalue weighted by Gasteiger charge is 2.25. The molecule has 0 saturated heterocycles. The molecule has 0 fully saturated rings. The van der Waals surface area contributed by atoms with Gasteiger partial charge < -0.3 is 15.2 Å². The van der Waals surface area contributed by atoms with E-state index in [1.165, 1.54) is 22.7 Å². The predicted molar refractivity (Wildman–Crippen MR) is 116 cm³/mol. The summed E-state index contributed by atoms with van der Waals surface area (Å²) in [5, 5.41) is 25.4. The minimum absolute atomic E-state index is 0.0212. The quantitative estimate of drug-likeness (QED) is 0.571. The monoisotopic (exact) mass is 457 g/mol. The molecule has 3 rings (SSSR count). The van der Waals surface area contributed by atoms with Gasteiger partial charge in [-0.3, -0.25) is 4.98 Å². The Balaban J connectivity index is 1.69. The molecular formula is C20H19N5O4S2. The van der Waals surface area contributed by atoms with Gasteiger partial charge in [-0.05, 0) is 32.9 Å². The Bertz CT molecular complexity index is 1130. The number of carboxylic acids is 1. The number of thiazole rings is 2. The van der Waals surface area contributed by atoms with Crippen molar-refractivity contribution in [2.24, 2.45) is 0 Å². The number of nitrogens with one attached hydrogen (secondary N) is 1. The Labute approximate surface area is 186 Å². The lowest BCUT2D eigenvalue weighted by Crippen LogP contribution is -2.44. The molecular weight excluding hydrogens is 438 g/mol. The molecule has 1 amide bonds. The van der Waals surface area contributed by atoms with Crippen molar-refractivity contribution in [3.05, 3.63) is 39.8 Å². The lowest BCUT2D eigenvalue weighted by Gasteiger charge is -2.21. The van der Waals surface area contributed by atoms with Crippen molar-refractivity contribution >= 4 is 34.7 Å². The predicted octanol–water partition coefficient (Wildman–Crippen LogP) is 3.72. The van der Waals surface area contributed by atoms with E-state index in [1.807, 2.05) is 12.1 Å². The van der Waals surface area contributed by atoms with Gasteiger partial charge in [-0.25, -0.2) is 19.6 Å². The summed E-state index contributed by atoms with van der Waals surface area (Å²) in [6.45, 7) is 5.10. The highest BCUT2D eigenvalue weighted by molar-refractivity contribution is 7.13. The van der Waals surface area contributed by atoms with Gasteiger partial charge in [-0.15, -0.1) is 22.7 Å². The van der Waals surface area contributed by atoms with Crippen LogP contribution in [0, 0.1) is 11.3 Å². The van der Waals surface area contributed by atoms with Crippen LogP contribution >= 0.6 is 22.7 Å². The van der Waals surface area contributed by atoms with Crippen LogP contribution < -0.4 is 5.32 Å². The van der Waals surface area contributed by atoms with E-state index in [4.69, 9.17) is 10.00 Å². The number of hydrogen-bond acceptors (Lipinski definition) is 9. The van der Waals surface area contributed by atoms with Crippen molar-refractivity contribution in [1.29, 1.82) is 5.26 Å². The second-order valence-electron chi connectivity index (χ2n) is 7.45. The molecule has 1 atom stereocenters. The molecule has 0 radical (unpaired) electrons. The van der Waals surface area contributed by atoms with Gasteiger partial charge in [0.05, 0.1) is 16.4 Å². The number of carbonyl (C=O) groups excluding carboxylic acids is 1. The summed E-state index contributed by atoms with van der Waals surface area (Å²) >= 11 is 2.65. The molecule has 3 heterocycles. The molecule has 9 nitrogen and oxygen atoms in total. The van der Waals surface area contributed by atoms with Crippen LogP contribution in [0.25, 0.3) is 22.0 Å². The van der Waals surface area contributed by atoms with Gasteiger partial charge in [-0.2, -0.15) is 5.26 Å². The van der Waals surface area contributed by atoms with Crippen molar-refractivity contribution in [3.8, 4) is 28.0 Å². The summed E-state index contributed by atoms with van der Waals surface area (Å²) in [7, 11) is 0. The van der Waals surface area contributed by atoms with Gasteiger partial charge in [0.15, 0.2) is 5.69 Å². The van der Waals surface area contributed by atoms with Crippen LogP contribution in [0.5, 0.6) is 0 Å². The molecule has 0 aliphatic rings. The Hall–Kier alpha value is -3.36. The van der Waals surface area contributed by atoms with Crippen LogP contribution in [0.1, 0.15) is 31.5 Å². The average molecular weight is 458 g/mol. The van der Waals surface area contributed by atoms with Crippen molar-refractivity contribution in [2.75, 3.05) is 0 Å². The molecule has 0 aliphatic heterocycles. The number of amides is 1. The molecule has 3 aromatic rings. The number of aromatic nitrogens is 3. The van der Waals surface area contributed by atoms with Crippen LogP contribution in [-0.2, 0) is 16.0 Å². The zero-order valence-corrected chi connectivity index (χ0v) is 18.6. The van der Waals surface area contributed by atoms with Gasteiger partial charge in [0.1, 0.15) is 22.7 Å². The van der Waals surface area contributed by atoms with Crippen molar-refractivity contribution in [3.63, 3.8) is 0 Å². The molecule has 0 bridgehead atoms. The number of ether oxygens (including phenoxy) is 1.